The maximum atomic E-state index is 6.21. The van der Waals surface area contributed by atoms with Crippen LogP contribution >= 0.6 is 0 Å². The number of hydrogen-bond donors (Lipinski definition) is 1. The molecule has 2 rings (SSSR count). The van der Waals surface area contributed by atoms with Crippen LogP contribution in [-0.4, -0.2) is 18.7 Å². The van der Waals surface area contributed by atoms with Crippen LogP contribution in [-0.2, 0) is 5.41 Å². The van der Waals surface area contributed by atoms with Crippen molar-refractivity contribution in [1.82, 2.24) is 5.32 Å². The second kappa shape index (κ2) is 6.17. The van der Waals surface area contributed by atoms with E-state index < -0.39 is 0 Å². The number of hydrogen-bond acceptors (Lipinski definition) is 2. The van der Waals surface area contributed by atoms with E-state index in [0.29, 0.717) is 12.1 Å². The van der Waals surface area contributed by atoms with Crippen molar-refractivity contribution in [3.63, 3.8) is 0 Å². The Bertz CT molecular complexity index is 447. The Labute approximate surface area is 123 Å². The minimum atomic E-state index is 0.201. The second-order valence-corrected chi connectivity index (χ2v) is 7.04. The van der Waals surface area contributed by atoms with Gasteiger partial charge in [-0.2, -0.15) is 0 Å². The van der Waals surface area contributed by atoms with E-state index >= 15 is 0 Å². The standard InChI is InChI=1S/C18H29NO/c1-6-19-15-8-9-16(12-15)20-17-10-7-14(11-13(17)2)18(3,4)5/h7,10-11,15-16,19H,6,8-9,12H2,1-5H3. The van der Waals surface area contributed by atoms with Crippen LogP contribution in [0.15, 0.2) is 18.2 Å². The van der Waals surface area contributed by atoms with E-state index in [-0.39, 0.29) is 5.41 Å². The number of aryl methyl sites for hydroxylation is 1. The summed E-state index contributed by atoms with van der Waals surface area (Å²) >= 11 is 0. The van der Waals surface area contributed by atoms with Crippen LogP contribution in [0.2, 0.25) is 0 Å². The first-order valence-electron chi connectivity index (χ1n) is 7.91. The third-order valence-electron chi connectivity index (χ3n) is 4.21. The summed E-state index contributed by atoms with van der Waals surface area (Å²) in [4.78, 5) is 0. The first-order chi connectivity index (χ1) is 9.40. The molecule has 112 valence electrons. The van der Waals surface area contributed by atoms with Crippen molar-refractivity contribution in [2.75, 3.05) is 6.54 Å². The molecule has 1 N–H and O–H groups in total. The molecule has 1 aliphatic rings. The topological polar surface area (TPSA) is 21.3 Å². The van der Waals surface area contributed by atoms with Gasteiger partial charge in [-0.15, -0.1) is 0 Å². The first-order valence-corrected chi connectivity index (χ1v) is 7.91. The lowest BCUT2D eigenvalue weighted by Crippen LogP contribution is -2.27. The van der Waals surface area contributed by atoms with E-state index in [4.69, 9.17) is 4.74 Å². The average Bonchev–Trinajstić information content (AvgIpc) is 2.78. The van der Waals surface area contributed by atoms with Crippen molar-refractivity contribution in [2.45, 2.75) is 71.4 Å². The average molecular weight is 275 g/mol. The van der Waals surface area contributed by atoms with E-state index in [1.807, 2.05) is 0 Å². The molecule has 0 saturated heterocycles. The van der Waals surface area contributed by atoms with E-state index in [2.05, 4.69) is 58.1 Å². The Morgan fingerprint density at radius 2 is 2.00 bits per heavy atom. The summed E-state index contributed by atoms with van der Waals surface area (Å²) in [7, 11) is 0. The maximum Gasteiger partial charge on any atom is 0.122 e. The van der Waals surface area contributed by atoms with Gasteiger partial charge in [-0.3, -0.25) is 0 Å². The van der Waals surface area contributed by atoms with Crippen LogP contribution in [0.1, 0.15) is 58.1 Å². The summed E-state index contributed by atoms with van der Waals surface area (Å²) in [6.07, 6.45) is 3.91. The molecule has 2 heteroatoms. The highest BCUT2D eigenvalue weighted by atomic mass is 16.5. The van der Waals surface area contributed by atoms with Gasteiger partial charge in [0.1, 0.15) is 11.9 Å². The summed E-state index contributed by atoms with van der Waals surface area (Å²) in [5, 5.41) is 3.52. The minimum absolute atomic E-state index is 0.201. The summed E-state index contributed by atoms with van der Waals surface area (Å²) < 4.78 is 6.21. The molecule has 2 unspecified atom stereocenters. The molecule has 0 radical (unpaired) electrons. The fourth-order valence-electron chi connectivity index (χ4n) is 2.95. The Hall–Kier alpha value is -1.02. The fraction of sp³-hybridized carbons (Fsp3) is 0.667. The van der Waals surface area contributed by atoms with Gasteiger partial charge < -0.3 is 10.1 Å². The van der Waals surface area contributed by atoms with Crippen molar-refractivity contribution in [3.05, 3.63) is 29.3 Å². The summed E-state index contributed by atoms with van der Waals surface area (Å²) in [5.41, 5.74) is 2.83. The summed E-state index contributed by atoms with van der Waals surface area (Å²) in [5.74, 6) is 1.06. The largest absolute Gasteiger partial charge is 0.490 e. The van der Waals surface area contributed by atoms with E-state index in [1.165, 1.54) is 17.5 Å². The Balaban J connectivity index is 2.01. The molecule has 20 heavy (non-hydrogen) atoms. The van der Waals surface area contributed by atoms with Gasteiger partial charge >= 0.3 is 0 Å². The van der Waals surface area contributed by atoms with E-state index in [9.17, 15) is 0 Å². The number of rotatable bonds is 4. The van der Waals surface area contributed by atoms with Gasteiger partial charge in [0.05, 0.1) is 0 Å². The molecule has 0 spiro atoms. The lowest BCUT2D eigenvalue weighted by molar-refractivity contribution is 0.205. The van der Waals surface area contributed by atoms with Crippen LogP contribution in [0, 0.1) is 6.92 Å². The van der Waals surface area contributed by atoms with Crippen LogP contribution in [0.5, 0.6) is 5.75 Å². The lowest BCUT2D eigenvalue weighted by Gasteiger charge is -2.22. The molecule has 1 fully saturated rings. The minimum Gasteiger partial charge on any atom is -0.490 e. The second-order valence-electron chi connectivity index (χ2n) is 7.04. The quantitative estimate of drug-likeness (QED) is 0.889. The maximum absolute atomic E-state index is 6.21. The van der Waals surface area contributed by atoms with Gasteiger partial charge in [-0.1, -0.05) is 39.8 Å². The number of nitrogens with one attached hydrogen (secondary N) is 1. The van der Waals surface area contributed by atoms with Crippen LogP contribution in [0.3, 0.4) is 0 Å². The molecule has 0 heterocycles. The SMILES string of the molecule is CCNC1CCC(Oc2ccc(C(C)(C)C)cc2C)C1. The molecule has 1 aromatic rings. The molecular weight excluding hydrogens is 246 g/mol. The molecule has 2 nitrogen and oxygen atoms in total. The van der Waals surface area contributed by atoms with Crippen molar-refractivity contribution < 1.29 is 4.74 Å². The van der Waals surface area contributed by atoms with Crippen molar-refractivity contribution in [2.24, 2.45) is 0 Å². The third kappa shape index (κ3) is 3.76. The Kier molecular flexibility index (Phi) is 4.74. The first kappa shape index (κ1) is 15.4. The monoisotopic (exact) mass is 275 g/mol. The van der Waals surface area contributed by atoms with E-state index in [1.54, 1.807) is 0 Å². The van der Waals surface area contributed by atoms with Crippen molar-refractivity contribution in [1.29, 1.82) is 0 Å². The van der Waals surface area contributed by atoms with Gasteiger partial charge in [-0.25, -0.2) is 0 Å². The molecule has 0 bridgehead atoms. The van der Waals surface area contributed by atoms with Crippen LogP contribution in [0.4, 0.5) is 0 Å². The lowest BCUT2D eigenvalue weighted by atomic mass is 9.86. The molecule has 1 saturated carbocycles. The smallest absolute Gasteiger partial charge is 0.122 e. The third-order valence-corrected chi connectivity index (χ3v) is 4.21. The summed E-state index contributed by atoms with van der Waals surface area (Å²) in [6.45, 7) is 12.1. The van der Waals surface area contributed by atoms with Gasteiger partial charge in [0, 0.05) is 6.04 Å². The van der Waals surface area contributed by atoms with Gasteiger partial charge in [0.25, 0.3) is 0 Å². The number of ether oxygens (including phenoxy) is 1. The Morgan fingerprint density at radius 3 is 2.60 bits per heavy atom. The van der Waals surface area contributed by atoms with Gasteiger partial charge in [-0.05, 0) is 55.3 Å². The predicted octanol–water partition coefficient (Wildman–Crippen LogP) is 4.20. The highest BCUT2D eigenvalue weighted by Gasteiger charge is 2.26. The Morgan fingerprint density at radius 1 is 1.25 bits per heavy atom. The van der Waals surface area contributed by atoms with Gasteiger partial charge in [0.2, 0.25) is 0 Å². The predicted molar refractivity (Wildman–Crippen MR) is 85.6 cm³/mol. The highest BCUT2D eigenvalue weighted by molar-refractivity contribution is 5.38. The fourth-order valence-corrected chi connectivity index (χ4v) is 2.95. The van der Waals surface area contributed by atoms with Crippen molar-refractivity contribution >= 4 is 0 Å². The molecule has 2 atom stereocenters. The summed E-state index contributed by atoms with van der Waals surface area (Å²) in [6, 6.07) is 7.26. The molecule has 0 aliphatic heterocycles. The normalized spacial score (nSPS) is 23.1. The zero-order valence-electron chi connectivity index (χ0n) is 13.6. The van der Waals surface area contributed by atoms with Crippen LogP contribution < -0.4 is 10.1 Å². The van der Waals surface area contributed by atoms with E-state index in [0.717, 1.165) is 25.1 Å². The van der Waals surface area contributed by atoms with Crippen LogP contribution in [0.25, 0.3) is 0 Å². The highest BCUT2D eigenvalue weighted by Crippen LogP contribution is 2.30. The molecular formula is C18H29NO. The molecule has 0 aromatic heterocycles. The van der Waals surface area contributed by atoms with Gasteiger partial charge in [0.15, 0.2) is 0 Å². The zero-order chi connectivity index (χ0) is 14.8. The molecule has 1 aliphatic carbocycles. The zero-order valence-corrected chi connectivity index (χ0v) is 13.6. The molecule has 0 amide bonds. The molecule has 1 aromatic carbocycles. The van der Waals surface area contributed by atoms with Crippen molar-refractivity contribution in [3.8, 4) is 5.75 Å². The number of benzene rings is 1.